The second-order valence-electron chi connectivity index (χ2n) is 8.12. The van der Waals surface area contributed by atoms with Crippen molar-refractivity contribution >= 4 is 33.0 Å². The lowest BCUT2D eigenvalue weighted by Crippen LogP contribution is -2.42. The molecule has 158 valence electrons. The van der Waals surface area contributed by atoms with Gasteiger partial charge in [0.25, 0.3) is 5.91 Å². The summed E-state index contributed by atoms with van der Waals surface area (Å²) in [6.45, 7) is 5.11. The van der Waals surface area contributed by atoms with Crippen LogP contribution in [0.3, 0.4) is 0 Å². The average molecular weight is 428 g/mol. The van der Waals surface area contributed by atoms with Gasteiger partial charge in [0.15, 0.2) is 5.58 Å². The molecule has 0 bridgehead atoms. The highest BCUT2D eigenvalue weighted by atomic mass is 32.2. The Labute approximate surface area is 176 Å². The highest BCUT2D eigenvalue weighted by molar-refractivity contribution is 7.89. The van der Waals surface area contributed by atoms with E-state index in [1.165, 1.54) is 21.3 Å². The maximum Gasteiger partial charge on any atom is 0.305 e. The predicted octanol–water partition coefficient (Wildman–Crippen LogP) is 3.77. The van der Waals surface area contributed by atoms with E-state index in [1.54, 1.807) is 31.3 Å². The van der Waals surface area contributed by atoms with Crippen molar-refractivity contribution < 1.29 is 17.6 Å². The van der Waals surface area contributed by atoms with Crippen LogP contribution in [0.15, 0.2) is 57.8 Å². The Bertz CT molecular complexity index is 1140. The molecular weight excluding hydrogens is 402 g/mol. The Hall–Kier alpha value is -2.71. The third kappa shape index (κ3) is 3.85. The van der Waals surface area contributed by atoms with Crippen molar-refractivity contribution in [2.75, 3.05) is 25.0 Å². The number of rotatable bonds is 4. The van der Waals surface area contributed by atoms with E-state index in [2.05, 4.69) is 18.8 Å². The van der Waals surface area contributed by atoms with Gasteiger partial charge >= 0.3 is 6.01 Å². The molecule has 2 atom stereocenters. The first-order chi connectivity index (χ1) is 14.3. The van der Waals surface area contributed by atoms with Crippen LogP contribution in [-0.2, 0) is 10.0 Å². The van der Waals surface area contributed by atoms with E-state index in [-0.39, 0.29) is 22.4 Å². The van der Waals surface area contributed by atoms with Crippen LogP contribution in [0, 0.1) is 11.8 Å². The van der Waals surface area contributed by atoms with Crippen LogP contribution in [0.25, 0.3) is 11.1 Å². The van der Waals surface area contributed by atoms with Crippen LogP contribution in [0.5, 0.6) is 0 Å². The van der Waals surface area contributed by atoms with Gasteiger partial charge in [0.05, 0.1) is 4.90 Å². The van der Waals surface area contributed by atoms with Crippen LogP contribution in [0.2, 0.25) is 0 Å². The number of anilines is 1. The summed E-state index contributed by atoms with van der Waals surface area (Å²) >= 11 is 0. The third-order valence-electron chi connectivity index (χ3n) is 5.43. The number of hydrogen-bond donors (Lipinski definition) is 0. The summed E-state index contributed by atoms with van der Waals surface area (Å²) in [6, 6.07) is 13.6. The van der Waals surface area contributed by atoms with Crippen molar-refractivity contribution in [2.45, 2.75) is 25.2 Å². The molecular formula is C22H25N3O4S. The minimum Gasteiger partial charge on any atom is -0.423 e. The summed E-state index contributed by atoms with van der Waals surface area (Å²) in [5.41, 5.74) is 1.49. The molecule has 0 saturated carbocycles. The van der Waals surface area contributed by atoms with Gasteiger partial charge in [0.1, 0.15) is 5.52 Å². The largest absolute Gasteiger partial charge is 0.423 e. The zero-order valence-corrected chi connectivity index (χ0v) is 18.1. The number of sulfonamides is 1. The first kappa shape index (κ1) is 20.6. The van der Waals surface area contributed by atoms with Gasteiger partial charge in [0.2, 0.25) is 10.0 Å². The summed E-state index contributed by atoms with van der Waals surface area (Å²) in [7, 11) is -2.11. The highest BCUT2D eigenvalue weighted by Gasteiger charge is 2.32. The van der Waals surface area contributed by atoms with Crippen molar-refractivity contribution in [3.8, 4) is 0 Å². The molecule has 0 unspecified atom stereocenters. The standard InChI is InChI=1S/C22H25N3O4S/c1-15-11-16(2)14-25(13-15)30(27,28)18-8-6-7-17(12-18)21(26)24(3)22-23-19-9-4-5-10-20(19)29-22/h4-10,12,15-16H,11,13-14H2,1-3H3/t15-,16-/m0/s1. The van der Waals surface area contributed by atoms with Gasteiger partial charge in [0, 0.05) is 25.7 Å². The van der Waals surface area contributed by atoms with Gasteiger partial charge in [-0.25, -0.2) is 8.42 Å². The molecule has 1 saturated heterocycles. The molecule has 30 heavy (non-hydrogen) atoms. The van der Waals surface area contributed by atoms with Crippen molar-refractivity contribution in [2.24, 2.45) is 11.8 Å². The summed E-state index contributed by atoms with van der Waals surface area (Å²) < 4.78 is 33.5. The Balaban J connectivity index is 1.61. The molecule has 1 amide bonds. The van der Waals surface area contributed by atoms with E-state index in [9.17, 15) is 13.2 Å². The number of hydrogen-bond acceptors (Lipinski definition) is 5. The number of fused-ring (bicyclic) bond motifs is 1. The molecule has 3 aromatic rings. The molecule has 1 aliphatic rings. The van der Waals surface area contributed by atoms with E-state index in [4.69, 9.17) is 4.42 Å². The van der Waals surface area contributed by atoms with Crippen molar-refractivity contribution in [1.29, 1.82) is 0 Å². The molecule has 1 aromatic heterocycles. The Morgan fingerprint density at radius 2 is 1.80 bits per heavy atom. The number of para-hydroxylation sites is 2. The Morgan fingerprint density at radius 3 is 2.50 bits per heavy atom. The van der Waals surface area contributed by atoms with Crippen LogP contribution in [-0.4, -0.2) is 43.8 Å². The molecule has 1 aliphatic heterocycles. The van der Waals surface area contributed by atoms with Crippen molar-refractivity contribution in [3.63, 3.8) is 0 Å². The molecule has 0 N–H and O–H groups in total. The van der Waals surface area contributed by atoms with E-state index in [0.29, 0.717) is 36.0 Å². The second kappa shape index (κ2) is 7.85. The van der Waals surface area contributed by atoms with Crippen LogP contribution in [0.4, 0.5) is 6.01 Å². The smallest absolute Gasteiger partial charge is 0.305 e. The van der Waals surface area contributed by atoms with Crippen LogP contribution < -0.4 is 4.90 Å². The molecule has 4 rings (SSSR count). The molecule has 0 radical (unpaired) electrons. The third-order valence-corrected chi connectivity index (χ3v) is 7.26. The van der Waals surface area contributed by atoms with Gasteiger partial charge in [-0.1, -0.05) is 32.0 Å². The summed E-state index contributed by atoms with van der Waals surface area (Å²) in [5, 5.41) is 0. The molecule has 2 heterocycles. The van der Waals surface area contributed by atoms with Crippen molar-refractivity contribution in [1.82, 2.24) is 9.29 Å². The predicted molar refractivity (Wildman–Crippen MR) is 115 cm³/mol. The Morgan fingerprint density at radius 1 is 1.10 bits per heavy atom. The number of carbonyl (C=O) groups excluding carboxylic acids is 1. The SMILES string of the molecule is C[C@H]1C[C@H](C)CN(S(=O)(=O)c2cccc(C(=O)N(C)c3nc4ccccc4o3)c2)C1. The summed E-state index contributed by atoms with van der Waals surface area (Å²) in [4.78, 5) is 18.7. The number of nitrogens with zero attached hydrogens (tertiary/aromatic N) is 3. The van der Waals surface area contributed by atoms with Gasteiger partial charge in [-0.3, -0.25) is 9.69 Å². The summed E-state index contributed by atoms with van der Waals surface area (Å²) in [5.74, 6) is 0.219. The number of aromatic nitrogens is 1. The molecule has 0 spiro atoms. The molecule has 1 fully saturated rings. The fourth-order valence-electron chi connectivity index (χ4n) is 4.02. The molecule has 0 aliphatic carbocycles. The minimum absolute atomic E-state index is 0.126. The van der Waals surface area contributed by atoms with Crippen molar-refractivity contribution in [3.05, 3.63) is 54.1 Å². The van der Waals surface area contributed by atoms with Gasteiger partial charge in [-0.15, -0.1) is 0 Å². The van der Waals surface area contributed by atoms with Crippen LogP contribution in [0.1, 0.15) is 30.6 Å². The monoisotopic (exact) mass is 427 g/mol. The maximum atomic E-state index is 13.2. The fourth-order valence-corrected chi connectivity index (χ4v) is 5.75. The average Bonchev–Trinajstić information content (AvgIpc) is 3.16. The van der Waals surface area contributed by atoms with Gasteiger partial charge in [-0.2, -0.15) is 9.29 Å². The summed E-state index contributed by atoms with van der Waals surface area (Å²) in [6.07, 6.45) is 1.01. The molecule has 2 aromatic carbocycles. The lowest BCUT2D eigenvalue weighted by atomic mass is 9.94. The molecule has 8 heteroatoms. The Kier molecular flexibility index (Phi) is 5.38. The number of piperidine rings is 1. The number of amides is 1. The minimum atomic E-state index is -3.67. The first-order valence-electron chi connectivity index (χ1n) is 9.99. The van der Waals surface area contributed by atoms with Gasteiger partial charge in [-0.05, 0) is 48.6 Å². The highest BCUT2D eigenvalue weighted by Crippen LogP contribution is 2.28. The van der Waals surface area contributed by atoms with E-state index in [0.717, 1.165) is 6.42 Å². The fraction of sp³-hybridized carbons (Fsp3) is 0.364. The number of oxazole rings is 1. The zero-order chi connectivity index (χ0) is 21.5. The zero-order valence-electron chi connectivity index (χ0n) is 17.3. The maximum absolute atomic E-state index is 13.2. The van der Waals surface area contributed by atoms with E-state index in [1.807, 2.05) is 12.1 Å². The van der Waals surface area contributed by atoms with Gasteiger partial charge < -0.3 is 4.42 Å². The number of benzene rings is 2. The second-order valence-corrected chi connectivity index (χ2v) is 10.1. The lowest BCUT2D eigenvalue weighted by molar-refractivity contribution is 0.0988. The first-order valence-corrected chi connectivity index (χ1v) is 11.4. The lowest BCUT2D eigenvalue weighted by Gasteiger charge is -2.34. The van der Waals surface area contributed by atoms with E-state index < -0.39 is 10.0 Å². The topological polar surface area (TPSA) is 83.7 Å². The normalized spacial score (nSPS) is 20.4. The van der Waals surface area contributed by atoms with E-state index >= 15 is 0 Å². The molecule has 7 nitrogen and oxygen atoms in total. The number of carbonyl (C=O) groups is 1. The quantitative estimate of drug-likeness (QED) is 0.633. The van der Waals surface area contributed by atoms with Crippen LogP contribution >= 0.6 is 0 Å².